The average Bonchev–Trinajstić information content (AvgIpc) is 3.07. The molecule has 24 heavy (non-hydrogen) atoms. The lowest BCUT2D eigenvalue weighted by atomic mass is 9.87. The maximum absolute atomic E-state index is 11.9. The van der Waals surface area contributed by atoms with E-state index in [1.807, 2.05) is 10.8 Å². The Balaban J connectivity index is 1.59. The predicted molar refractivity (Wildman–Crippen MR) is 93.2 cm³/mol. The number of imidazole rings is 1. The number of benzene rings is 1. The smallest absolute Gasteiger partial charge is 0.337 e. The van der Waals surface area contributed by atoms with Crippen LogP contribution in [0.2, 0.25) is 5.02 Å². The molecule has 1 aromatic carbocycles. The van der Waals surface area contributed by atoms with Crippen LogP contribution in [-0.2, 0) is 11.4 Å². The third-order valence-electron chi connectivity index (χ3n) is 4.01. The van der Waals surface area contributed by atoms with E-state index in [-0.39, 0.29) is 5.92 Å². The Morgan fingerprint density at radius 1 is 1.46 bits per heavy atom. The van der Waals surface area contributed by atoms with Crippen LogP contribution in [0.4, 0.5) is 10.5 Å². The van der Waals surface area contributed by atoms with Crippen LogP contribution in [0, 0.1) is 5.92 Å². The molecule has 0 radical (unpaired) electrons. The summed E-state index contributed by atoms with van der Waals surface area (Å²) in [6, 6.07) is 6.88. The van der Waals surface area contributed by atoms with E-state index in [9.17, 15) is 4.79 Å². The maximum atomic E-state index is 11.9. The van der Waals surface area contributed by atoms with Crippen molar-refractivity contribution in [3.63, 3.8) is 0 Å². The molecule has 126 valence electrons. The van der Waals surface area contributed by atoms with Gasteiger partial charge in [-0.1, -0.05) is 29.2 Å². The van der Waals surface area contributed by atoms with E-state index in [4.69, 9.17) is 16.4 Å². The first-order valence-electron chi connectivity index (χ1n) is 7.97. The molecule has 0 bridgehead atoms. The van der Waals surface area contributed by atoms with E-state index in [1.165, 1.54) is 0 Å². The fourth-order valence-electron chi connectivity index (χ4n) is 2.84. The molecule has 1 fully saturated rings. The first-order chi connectivity index (χ1) is 11.7. The molecule has 7 heteroatoms. The molecule has 0 aliphatic heterocycles. The van der Waals surface area contributed by atoms with Crippen molar-refractivity contribution >= 4 is 29.1 Å². The van der Waals surface area contributed by atoms with Crippen molar-refractivity contribution in [2.45, 2.75) is 32.2 Å². The Bertz CT molecular complexity index is 715. The summed E-state index contributed by atoms with van der Waals surface area (Å²) >= 11 is 5.89. The van der Waals surface area contributed by atoms with E-state index in [1.54, 1.807) is 36.8 Å². The molecular weight excluding hydrogens is 328 g/mol. The largest absolute Gasteiger partial charge is 0.437 e. The second-order valence-electron chi connectivity index (χ2n) is 5.80. The molecule has 0 saturated heterocycles. The molecule has 1 amide bonds. The van der Waals surface area contributed by atoms with E-state index < -0.39 is 6.09 Å². The molecule has 2 aromatic rings. The lowest BCUT2D eigenvalue weighted by molar-refractivity contribution is 0.164. The van der Waals surface area contributed by atoms with Gasteiger partial charge in [0.25, 0.3) is 0 Å². The molecule has 0 spiro atoms. The topological polar surface area (TPSA) is 68.5 Å². The van der Waals surface area contributed by atoms with Crippen molar-refractivity contribution in [3.8, 4) is 0 Å². The predicted octanol–water partition coefficient (Wildman–Crippen LogP) is 4.33. The second-order valence-corrected chi connectivity index (χ2v) is 6.24. The number of amides is 1. The summed E-state index contributed by atoms with van der Waals surface area (Å²) in [4.78, 5) is 21.0. The average molecular weight is 347 g/mol. The monoisotopic (exact) mass is 346 g/mol. The Labute approximate surface area is 145 Å². The van der Waals surface area contributed by atoms with Crippen molar-refractivity contribution in [1.29, 1.82) is 0 Å². The molecule has 1 saturated carbocycles. The van der Waals surface area contributed by atoms with Gasteiger partial charge in [-0.3, -0.25) is 10.2 Å². The minimum absolute atomic E-state index is 0.270. The quantitative estimate of drug-likeness (QED) is 0.661. The molecular formula is C17H19ClN4O2. The Morgan fingerprint density at radius 2 is 2.38 bits per heavy atom. The highest BCUT2D eigenvalue weighted by atomic mass is 35.5. The Morgan fingerprint density at radius 3 is 3.17 bits per heavy atom. The summed E-state index contributed by atoms with van der Waals surface area (Å²) in [5.41, 5.74) is 1.50. The zero-order valence-electron chi connectivity index (χ0n) is 13.2. The summed E-state index contributed by atoms with van der Waals surface area (Å²) < 4.78 is 2.03. The maximum Gasteiger partial charge on any atom is 0.437 e. The van der Waals surface area contributed by atoms with Crippen molar-refractivity contribution in [2.75, 3.05) is 5.32 Å². The van der Waals surface area contributed by atoms with Crippen LogP contribution >= 0.6 is 11.6 Å². The zero-order valence-corrected chi connectivity index (χ0v) is 13.9. The molecule has 1 heterocycles. The van der Waals surface area contributed by atoms with Gasteiger partial charge in [0, 0.05) is 35.6 Å². The fourth-order valence-corrected chi connectivity index (χ4v) is 3.03. The molecule has 1 aromatic heterocycles. The summed E-state index contributed by atoms with van der Waals surface area (Å²) in [6.45, 7) is 0.804. The second kappa shape index (κ2) is 7.97. The molecule has 3 rings (SSSR count). The van der Waals surface area contributed by atoms with Crippen LogP contribution in [0.1, 0.15) is 25.7 Å². The lowest BCUT2D eigenvalue weighted by Gasteiger charge is -2.23. The number of halogens is 1. The van der Waals surface area contributed by atoms with Gasteiger partial charge in [-0.15, -0.1) is 0 Å². The standard InChI is InChI=1S/C17H19ClN4O2/c18-14-5-3-6-15(10-14)20-17(23)24-21-16-7-2-1-4-13(16)11-22-9-8-19-12-22/h3,5-6,8-10,12-13H,1-2,4,7,11H2,(H,20,23)/b21-16+. The number of hydrogen-bond acceptors (Lipinski definition) is 4. The van der Waals surface area contributed by atoms with E-state index >= 15 is 0 Å². The Kier molecular flexibility index (Phi) is 5.48. The number of anilines is 1. The van der Waals surface area contributed by atoms with Crippen LogP contribution in [0.3, 0.4) is 0 Å². The van der Waals surface area contributed by atoms with Gasteiger partial charge in [-0.05, 0) is 37.5 Å². The third-order valence-corrected chi connectivity index (χ3v) is 4.25. The van der Waals surface area contributed by atoms with Crippen LogP contribution in [0.25, 0.3) is 0 Å². The Hall–Kier alpha value is -2.34. The number of aromatic nitrogens is 2. The van der Waals surface area contributed by atoms with Gasteiger partial charge in [-0.2, -0.15) is 0 Å². The summed E-state index contributed by atoms with van der Waals surface area (Å²) in [5.74, 6) is 0.270. The SMILES string of the molecule is O=C(Nc1cccc(Cl)c1)O/N=C1\CCCCC1Cn1ccnc1. The summed E-state index contributed by atoms with van der Waals surface area (Å²) in [7, 11) is 0. The molecule has 1 N–H and O–H groups in total. The molecule has 1 aliphatic rings. The zero-order chi connectivity index (χ0) is 16.8. The van der Waals surface area contributed by atoms with Crippen LogP contribution in [0.15, 0.2) is 48.1 Å². The molecule has 1 unspecified atom stereocenters. The van der Waals surface area contributed by atoms with Crippen molar-refractivity contribution in [3.05, 3.63) is 48.0 Å². The van der Waals surface area contributed by atoms with Gasteiger partial charge in [-0.25, -0.2) is 9.78 Å². The van der Waals surface area contributed by atoms with E-state index in [0.717, 1.165) is 37.9 Å². The molecule has 1 atom stereocenters. The number of hydrogen-bond donors (Lipinski definition) is 1. The third kappa shape index (κ3) is 4.58. The van der Waals surface area contributed by atoms with E-state index in [2.05, 4.69) is 15.5 Å². The number of nitrogens with one attached hydrogen (secondary N) is 1. The number of rotatable bonds is 4. The molecule has 6 nitrogen and oxygen atoms in total. The van der Waals surface area contributed by atoms with E-state index in [0.29, 0.717) is 10.7 Å². The number of carbonyl (C=O) groups is 1. The summed E-state index contributed by atoms with van der Waals surface area (Å²) in [5, 5.41) is 7.26. The van der Waals surface area contributed by atoms with Gasteiger partial charge >= 0.3 is 6.09 Å². The lowest BCUT2D eigenvalue weighted by Crippen LogP contribution is -2.25. The minimum Gasteiger partial charge on any atom is -0.337 e. The number of nitrogens with zero attached hydrogens (tertiary/aromatic N) is 3. The minimum atomic E-state index is -0.614. The van der Waals surface area contributed by atoms with Crippen molar-refractivity contribution in [1.82, 2.24) is 9.55 Å². The fraction of sp³-hybridized carbons (Fsp3) is 0.353. The van der Waals surface area contributed by atoms with Crippen LogP contribution < -0.4 is 5.32 Å². The summed E-state index contributed by atoms with van der Waals surface area (Å²) in [6.07, 6.45) is 8.98. The number of carbonyl (C=O) groups excluding carboxylic acids is 1. The normalized spacial score (nSPS) is 19.2. The highest BCUT2D eigenvalue weighted by molar-refractivity contribution is 6.30. The van der Waals surface area contributed by atoms with Gasteiger partial charge in [0.05, 0.1) is 12.0 Å². The van der Waals surface area contributed by atoms with Gasteiger partial charge in [0.1, 0.15) is 0 Å². The first kappa shape index (κ1) is 16.5. The van der Waals surface area contributed by atoms with Gasteiger partial charge in [0.15, 0.2) is 0 Å². The van der Waals surface area contributed by atoms with Crippen molar-refractivity contribution < 1.29 is 9.63 Å². The number of oxime groups is 1. The first-order valence-corrected chi connectivity index (χ1v) is 8.34. The van der Waals surface area contributed by atoms with Crippen molar-refractivity contribution in [2.24, 2.45) is 11.1 Å². The van der Waals surface area contributed by atoms with Crippen LogP contribution in [-0.4, -0.2) is 21.4 Å². The van der Waals surface area contributed by atoms with Gasteiger partial charge in [0.2, 0.25) is 0 Å². The highest BCUT2D eigenvalue weighted by Gasteiger charge is 2.22. The highest BCUT2D eigenvalue weighted by Crippen LogP contribution is 2.24. The molecule has 1 aliphatic carbocycles. The van der Waals surface area contributed by atoms with Crippen LogP contribution in [0.5, 0.6) is 0 Å². The van der Waals surface area contributed by atoms with Gasteiger partial charge < -0.3 is 4.57 Å².